The van der Waals surface area contributed by atoms with Crippen molar-refractivity contribution in [3.05, 3.63) is 34.9 Å². The molecule has 0 unspecified atom stereocenters. The van der Waals surface area contributed by atoms with Crippen molar-refractivity contribution < 1.29 is 0 Å². The first-order valence-corrected chi connectivity index (χ1v) is 5.74. The topological polar surface area (TPSA) is 12.0 Å². The van der Waals surface area contributed by atoms with Crippen molar-refractivity contribution in [2.45, 2.75) is 25.7 Å². The molecule has 0 aromatic heterocycles. The van der Waals surface area contributed by atoms with Crippen LogP contribution in [0.4, 0.5) is 0 Å². The van der Waals surface area contributed by atoms with E-state index in [9.17, 15) is 0 Å². The fraction of sp³-hybridized carbons (Fsp3) is 0.538. The lowest BCUT2D eigenvalue weighted by atomic mass is 9.90. The summed E-state index contributed by atoms with van der Waals surface area (Å²) in [7, 11) is 0. The van der Waals surface area contributed by atoms with E-state index in [1.165, 1.54) is 38.8 Å². The van der Waals surface area contributed by atoms with Gasteiger partial charge in [-0.15, -0.1) is 0 Å². The molecule has 1 aliphatic heterocycles. The van der Waals surface area contributed by atoms with Gasteiger partial charge in [-0.1, -0.05) is 18.2 Å². The van der Waals surface area contributed by atoms with Crippen LogP contribution in [0.1, 0.15) is 23.1 Å². The molecule has 1 aromatic carbocycles. The summed E-state index contributed by atoms with van der Waals surface area (Å²) in [5.41, 5.74) is 4.93. The molecule has 1 heterocycles. The summed E-state index contributed by atoms with van der Waals surface area (Å²) in [5.74, 6) is 0.905. The second-order valence-electron chi connectivity index (χ2n) is 4.64. The maximum atomic E-state index is 3.35. The third kappa shape index (κ3) is 1.36. The Labute approximate surface area is 85.5 Å². The molecule has 0 radical (unpaired) electrons. The Kier molecular flexibility index (Phi) is 2.06. The van der Waals surface area contributed by atoms with Crippen LogP contribution in [0.3, 0.4) is 0 Å². The van der Waals surface area contributed by atoms with Crippen LogP contribution in [0.25, 0.3) is 0 Å². The van der Waals surface area contributed by atoms with Crippen LogP contribution in [-0.4, -0.2) is 13.1 Å². The predicted octanol–water partition coefficient (Wildman–Crippen LogP) is 1.94. The minimum atomic E-state index is 0.905. The number of aryl methyl sites for hydroxylation is 1. The molecule has 1 aliphatic carbocycles. The Morgan fingerprint density at radius 2 is 2.14 bits per heavy atom. The molecular formula is C13H17N. The molecule has 2 aliphatic rings. The van der Waals surface area contributed by atoms with Gasteiger partial charge in [-0.3, -0.25) is 0 Å². The van der Waals surface area contributed by atoms with Gasteiger partial charge in [0.15, 0.2) is 0 Å². The number of fused-ring (bicyclic) bond motifs is 1. The molecule has 1 heteroatoms. The Hall–Kier alpha value is -0.820. The van der Waals surface area contributed by atoms with Crippen LogP contribution >= 0.6 is 0 Å². The zero-order valence-electron chi connectivity index (χ0n) is 8.55. The second kappa shape index (κ2) is 3.39. The van der Waals surface area contributed by atoms with Gasteiger partial charge in [0.25, 0.3) is 0 Å². The van der Waals surface area contributed by atoms with Crippen LogP contribution in [0.5, 0.6) is 0 Å². The van der Waals surface area contributed by atoms with Gasteiger partial charge in [-0.05, 0) is 61.4 Å². The number of hydrogen-bond acceptors (Lipinski definition) is 1. The Bertz CT molecular complexity index is 339. The summed E-state index contributed by atoms with van der Waals surface area (Å²) in [6.45, 7) is 2.45. The van der Waals surface area contributed by atoms with Crippen LogP contribution in [0.15, 0.2) is 18.2 Å². The molecule has 74 valence electrons. The van der Waals surface area contributed by atoms with Gasteiger partial charge >= 0.3 is 0 Å². The van der Waals surface area contributed by atoms with E-state index in [4.69, 9.17) is 0 Å². The van der Waals surface area contributed by atoms with E-state index in [1.807, 2.05) is 0 Å². The SMILES string of the molecule is c1cc2c(c(CC3CNC3)c1)CCC2. The number of nitrogens with one attached hydrogen (secondary N) is 1. The van der Waals surface area contributed by atoms with Crippen LogP contribution in [0.2, 0.25) is 0 Å². The van der Waals surface area contributed by atoms with Crippen molar-refractivity contribution in [1.29, 1.82) is 0 Å². The normalized spacial score (nSPS) is 20.6. The van der Waals surface area contributed by atoms with Crippen molar-refractivity contribution in [2.24, 2.45) is 5.92 Å². The quantitative estimate of drug-likeness (QED) is 0.746. The first-order chi connectivity index (χ1) is 6.93. The predicted molar refractivity (Wildman–Crippen MR) is 58.5 cm³/mol. The van der Waals surface area contributed by atoms with Crippen molar-refractivity contribution in [3.63, 3.8) is 0 Å². The van der Waals surface area contributed by atoms with Gasteiger partial charge in [0.05, 0.1) is 0 Å². The molecule has 0 saturated carbocycles. The average molecular weight is 187 g/mol. The molecule has 0 bridgehead atoms. The van der Waals surface area contributed by atoms with E-state index >= 15 is 0 Å². The van der Waals surface area contributed by atoms with Crippen LogP contribution in [0, 0.1) is 5.92 Å². The van der Waals surface area contributed by atoms with Gasteiger partial charge in [0.1, 0.15) is 0 Å². The molecule has 1 aromatic rings. The molecule has 1 fully saturated rings. The summed E-state index contributed by atoms with van der Waals surface area (Å²) < 4.78 is 0. The van der Waals surface area contributed by atoms with Gasteiger partial charge in [-0.2, -0.15) is 0 Å². The minimum Gasteiger partial charge on any atom is -0.316 e. The molecule has 0 amide bonds. The lowest BCUT2D eigenvalue weighted by molar-refractivity contribution is 0.346. The van der Waals surface area contributed by atoms with Crippen molar-refractivity contribution in [1.82, 2.24) is 5.32 Å². The molecule has 14 heavy (non-hydrogen) atoms. The Morgan fingerprint density at radius 1 is 1.21 bits per heavy atom. The van der Waals surface area contributed by atoms with Crippen molar-refractivity contribution in [2.75, 3.05) is 13.1 Å². The van der Waals surface area contributed by atoms with Gasteiger partial charge in [0.2, 0.25) is 0 Å². The van der Waals surface area contributed by atoms with E-state index in [1.54, 1.807) is 16.7 Å². The third-order valence-electron chi connectivity index (χ3n) is 3.62. The Morgan fingerprint density at radius 3 is 2.93 bits per heavy atom. The molecule has 1 saturated heterocycles. The van der Waals surface area contributed by atoms with Gasteiger partial charge < -0.3 is 5.32 Å². The minimum absolute atomic E-state index is 0.905. The fourth-order valence-electron chi connectivity index (χ4n) is 2.69. The highest BCUT2D eigenvalue weighted by atomic mass is 14.9. The molecule has 3 rings (SSSR count). The lowest BCUT2D eigenvalue weighted by Gasteiger charge is -2.27. The monoisotopic (exact) mass is 187 g/mol. The third-order valence-corrected chi connectivity index (χ3v) is 3.62. The summed E-state index contributed by atoms with van der Waals surface area (Å²) in [6.07, 6.45) is 5.31. The highest BCUT2D eigenvalue weighted by Crippen LogP contribution is 2.27. The van der Waals surface area contributed by atoms with Crippen LogP contribution in [-0.2, 0) is 19.3 Å². The van der Waals surface area contributed by atoms with Gasteiger partial charge in [0, 0.05) is 0 Å². The first kappa shape index (κ1) is 8.49. The molecular weight excluding hydrogens is 170 g/mol. The zero-order chi connectivity index (χ0) is 9.38. The van der Waals surface area contributed by atoms with E-state index in [-0.39, 0.29) is 0 Å². The highest BCUT2D eigenvalue weighted by molar-refractivity contribution is 5.38. The summed E-state index contributed by atoms with van der Waals surface area (Å²) >= 11 is 0. The van der Waals surface area contributed by atoms with Crippen molar-refractivity contribution >= 4 is 0 Å². The largest absolute Gasteiger partial charge is 0.316 e. The van der Waals surface area contributed by atoms with Crippen molar-refractivity contribution in [3.8, 4) is 0 Å². The number of benzene rings is 1. The van der Waals surface area contributed by atoms with E-state index in [0.29, 0.717) is 0 Å². The molecule has 1 N–H and O–H groups in total. The van der Waals surface area contributed by atoms with Crippen LogP contribution < -0.4 is 5.32 Å². The summed E-state index contributed by atoms with van der Waals surface area (Å²) in [4.78, 5) is 0. The summed E-state index contributed by atoms with van der Waals surface area (Å²) in [6, 6.07) is 6.89. The van der Waals surface area contributed by atoms with E-state index in [0.717, 1.165) is 5.92 Å². The number of rotatable bonds is 2. The summed E-state index contributed by atoms with van der Waals surface area (Å²) in [5, 5.41) is 3.35. The average Bonchev–Trinajstić information content (AvgIpc) is 2.59. The molecule has 0 atom stereocenters. The van der Waals surface area contributed by atoms with E-state index in [2.05, 4.69) is 23.5 Å². The van der Waals surface area contributed by atoms with E-state index < -0.39 is 0 Å². The molecule has 0 spiro atoms. The maximum absolute atomic E-state index is 3.35. The smallest absolute Gasteiger partial charge is 0.000506 e. The Balaban J connectivity index is 1.85. The second-order valence-corrected chi connectivity index (χ2v) is 4.64. The number of hydrogen-bond donors (Lipinski definition) is 1. The lowest BCUT2D eigenvalue weighted by Crippen LogP contribution is -2.43. The molecule has 1 nitrogen and oxygen atoms in total. The van der Waals surface area contributed by atoms with Gasteiger partial charge in [-0.25, -0.2) is 0 Å². The fourth-order valence-corrected chi connectivity index (χ4v) is 2.69. The standard InChI is InChI=1S/C13H17N/c1-3-11-4-2-6-13(11)12(5-1)7-10-8-14-9-10/h1,3,5,10,14H,2,4,6-9H2. The first-order valence-electron chi connectivity index (χ1n) is 5.74. The highest BCUT2D eigenvalue weighted by Gasteiger charge is 2.20. The maximum Gasteiger partial charge on any atom is -0.000506 e. The zero-order valence-corrected chi connectivity index (χ0v) is 8.55.